The molecule has 0 spiro atoms. The largest absolute Gasteiger partial charge is 0.496 e. The van der Waals surface area contributed by atoms with Crippen molar-refractivity contribution in [2.24, 2.45) is 0 Å². The first-order valence-corrected chi connectivity index (χ1v) is 12.4. The van der Waals surface area contributed by atoms with Gasteiger partial charge >= 0.3 is 5.97 Å². The molecule has 2 aromatic heterocycles. The van der Waals surface area contributed by atoms with Gasteiger partial charge in [0.05, 0.1) is 20.8 Å². The maximum absolute atomic E-state index is 14.0. The highest BCUT2D eigenvalue weighted by Crippen LogP contribution is 2.37. The lowest BCUT2D eigenvalue weighted by atomic mass is 9.93. The van der Waals surface area contributed by atoms with Gasteiger partial charge in [-0.15, -0.1) is 0 Å². The second-order valence-electron chi connectivity index (χ2n) is 9.51. The van der Waals surface area contributed by atoms with Gasteiger partial charge in [0.15, 0.2) is 0 Å². The molecule has 9 heteroatoms. The molecule has 3 aromatic rings. The van der Waals surface area contributed by atoms with Gasteiger partial charge in [-0.05, 0) is 74.7 Å². The maximum Gasteiger partial charge on any atom is 0.328 e. The monoisotopic (exact) mass is 494 g/mol. The van der Waals surface area contributed by atoms with Gasteiger partial charge in [0.25, 0.3) is 0 Å². The molecular weight excluding hydrogens is 463 g/mol. The van der Waals surface area contributed by atoms with Crippen molar-refractivity contribution in [2.75, 3.05) is 40.4 Å². The molecule has 2 fully saturated rings. The van der Waals surface area contributed by atoms with Gasteiger partial charge in [-0.3, -0.25) is 9.69 Å². The molecule has 2 aliphatic rings. The predicted molar refractivity (Wildman–Crippen MR) is 133 cm³/mol. The van der Waals surface area contributed by atoms with E-state index in [0.717, 1.165) is 54.6 Å². The number of carbonyl (C=O) groups is 2. The molecule has 4 heterocycles. The van der Waals surface area contributed by atoms with E-state index in [2.05, 4.69) is 20.9 Å². The average molecular weight is 495 g/mol. The summed E-state index contributed by atoms with van der Waals surface area (Å²) in [6, 6.07) is 8.05. The van der Waals surface area contributed by atoms with Crippen LogP contribution in [0, 0.1) is 5.82 Å². The van der Waals surface area contributed by atoms with Crippen molar-refractivity contribution < 1.29 is 23.5 Å². The van der Waals surface area contributed by atoms with Gasteiger partial charge in [-0.2, -0.15) is 0 Å². The van der Waals surface area contributed by atoms with Crippen molar-refractivity contribution in [3.8, 4) is 16.9 Å². The SMILES string of the molecule is COC(=O)[C@@H]1CCCN1C(=O)CN1CCC(c2cc3c(-c4cc(F)ccc4OC)ccnc3[nH]2)CC1. The van der Waals surface area contributed by atoms with Crippen molar-refractivity contribution in [3.05, 3.63) is 48.0 Å². The van der Waals surface area contributed by atoms with Crippen LogP contribution < -0.4 is 4.74 Å². The van der Waals surface area contributed by atoms with Crippen LogP contribution >= 0.6 is 0 Å². The number of amides is 1. The van der Waals surface area contributed by atoms with Gasteiger partial charge in [0.2, 0.25) is 5.91 Å². The van der Waals surface area contributed by atoms with Crippen molar-refractivity contribution in [1.82, 2.24) is 19.8 Å². The molecular formula is C27H31FN4O4. The number of aromatic nitrogens is 2. The van der Waals surface area contributed by atoms with E-state index in [1.54, 1.807) is 24.3 Å². The fraction of sp³-hybridized carbons (Fsp3) is 0.444. The highest BCUT2D eigenvalue weighted by atomic mass is 19.1. The Hall–Kier alpha value is -3.46. The van der Waals surface area contributed by atoms with Crippen LogP contribution in [0.3, 0.4) is 0 Å². The number of aromatic amines is 1. The first-order chi connectivity index (χ1) is 17.5. The van der Waals surface area contributed by atoms with E-state index >= 15 is 0 Å². The Labute approximate surface area is 209 Å². The summed E-state index contributed by atoms with van der Waals surface area (Å²) in [5, 5.41) is 0.928. The number of nitrogens with zero attached hydrogens (tertiary/aromatic N) is 3. The zero-order valence-electron chi connectivity index (χ0n) is 20.6. The molecule has 8 nitrogen and oxygen atoms in total. The summed E-state index contributed by atoms with van der Waals surface area (Å²) in [5.41, 5.74) is 3.41. The Kier molecular flexibility index (Phi) is 6.91. The minimum atomic E-state index is -0.454. The minimum absolute atomic E-state index is 0.00940. The van der Waals surface area contributed by atoms with Crippen molar-refractivity contribution >= 4 is 22.9 Å². The van der Waals surface area contributed by atoms with Crippen LogP contribution in [0.15, 0.2) is 36.5 Å². The fourth-order valence-electron chi connectivity index (χ4n) is 5.52. The molecule has 36 heavy (non-hydrogen) atoms. The summed E-state index contributed by atoms with van der Waals surface area (Å²) in [4.78, 5) is 36.7. The lowest BCUT2D eigenvalue weighted by Crippen LogP contribution is -2.47. The van der Waals surface area contributed by atoms with Crippen molar-refractivity contribution in [1.29, 1.82) is 0 Å². The quantitative estimate of drug-likeness (QED) is 0.526. The number of likely N-dealkylation sites (tertiary alicyclic amines) is 2. The summed E-state index contributed by atoms with van der Waals surface area (Å²) in [5.74, 6) is 0.256. The molecule has 0 aliphatic carbocycles. The number of rotatable bonds is 6. The zero-order valence-corrected chi connectivity index (χ0v) is 20.6. The van der Waals surface area contributed by atoms with E-state index in [9.17, 15) is 14.0 Å². The topological polar surface area (TPSA) is 87.8 Å². The Bertz CT molecular complexity index is 1270. The number of piperidine rings is 1. The van der Waals surface area contributed by atoms with Crippen molar-refractivity contribution in [3.63, 3.8) is 0 Å². The minimum Gasteiger partial charge on any atom is -0.496 e. The molecule has 190 valence electrons. The Balaban J connectivity index is 1.27. The second-order valence-corrected chi connectivity index (χ2v) is 9.51. The van der Waals surface area contributed by atoms with Gasteiger partial charge in [-0.25, -0.2) is 14.2 Å². The number of pyridine rings is 1. The molecule has 1 aromatic carbocycles. The Morgan fingerprint density at radius 3 is 2.64 bits per heavy atom. The molecule has 5 rings (SSSR count). The number of esters is 1. The number of halogens is 1. The van der Waals surface area contributed by atoms with E-state index in [-0.39, 0.29) is 17.7 Å². The number of hydrogen-bond donors (Lipinski definition) is 1. The molecule has 0 bridgehead atoms. The number of ether oxygens (including phenoxy) is 2. The summed E-state index contributed by atoms with van der Waals surface area (Å²) in [7, 11) is 2.95. The number of benzene rings is 1. The third-order valence-electron chi connectivity index (χ3n) is 7.44. The van der Waals surface area contributed by atoms with Crippen molar-refractivity contribution in [2.45, 2.75) is 37.6 Å². The van der Waals surface area contributed by atoms with Crippen LogP contribution in [0.25, 0.3) is 22.2 Å². The van der Waals surface area contributed by atoms with Gasteiger partial charge in [-0.1, -0.05) is 0 Å². The molecule has 1 atom stereocenters. The maximum atomic E-state index is 14.0. The van der Waals surface area contributed by atoms with E-state index in [4.69, 9.17) is 9.47 Å². The summed E-state index contributed by atoms with van der Waals surface area (Å²) in [6.45, 7) is 2.51. The Morgan fingerprint density at radius 1 is 1.08 bits per heavy atom. The third kappa shape index (κ3) is 4.67. The summed E-state index contributed by atoms with van der Waals surface area (Å²) >= 11 is 0. The first-order valence-electron chi connectivity index (χ1n) is 12.4. The average Bonchev–Trinajstić information content (AvgIpc) is 3.56. The van der Waals surface area contributed by atoms with E-state index < -0.39 is 6.04 Å². The molecule has 1 N–H and O–H groups in total. The van der Waals surface area contributed by atoms with Crippen LogP contribution in [0.4, 0.5) is 4.39 Å². The standard InChI is InChI=1S/C27H31FN4O4/c1-35-24-6-5-18(28)14-20(24)19-7-10-29-26-21(19)15-22(30-26)17-8-12-31(13-9-17)16-25(33)32-11-3-4-23(32)27(34)36-2/h5-7,10,14-15,17,23H,3-4,8-9,11-13,16H2,1-2H3,(H,29,30)/t23-/m0/s1. The number of carbonyl (C=O) groups excluding carboxylic acids is 2. The van der Waals surface area contributed by atoms with Gasteiger partial charge in [0.1, 0.15) is 23.3 Å². The molecule has 2 saturated heterocycles. The highest BCUT2D eigenvalue weighted by Gasteiger charge is 2.35. The van der Waals surface area contributed by atoms with Crippen LogP contribution in [0.1, 0.15) is 37.3 Å². The van der Waals surface area contributed by atoms with Crippen LogP contribution in [0.5, 0.6) is 5.75 Å². The lowest BCUT2D eigenvalue weighted by molar-refractivity contribution is -0.151. The lowest BCUT2D eigenvalue weighted by Gasteiger charge is -2.33. The normalized spacial score (nSPS) is 19.1. The zero-order chi connectivity index (χ0) is 25.2. The van der Waals surface area contributed by atoms with Crippen LogP contribution in [-0.2, 0) is 14.3 Å². The van der Waals surface area contributed by atoms with E-state index in [0.29, 0.717) is 36.7 Å². The fourth-order valence-corrected chi connectivity index (χ4v) is 5.52. The number of nitrogens with one attached hydrogen (secondary N) is 1. The van der Waals surface area contributed by atoms with E-state index in [1.807, 2.05) is 6.07 Å². The van der Waals surface area contributed by atoms with Crippen LogP contribution in [-0.4, -0.2) is 78.1 Å². The molecule has 0 unspecified atom stereocenters. The van der Waals surface area contributed by atoms with Gasteiger partial charge < -0.3 is 19.4 Å². The molecule has 2 aliphatic heterocycles. The van der Waals surface area contributed by atoms with Crippen LogP contribution in [0.2, 0.25) is 0 Å². The molecule has 0 saturated carbocycles. The number of hydrogen-bond acceptors (Lipinski definition) is 6. The molecule has 0 radical (unpaired) electrons. The second kappa shape index (κ2) is 10.3. The van der Waals surface area contributed by atoms with Gasteiger partial charge in [0, 0.05) is 35.3 Å². The number of H-pyrrole nitrogens is 1. The summed E-state index contributed by atoms with van der Waals surface area (Å²) in [6.07, 6.45) is 5.01. The number of methoxy groups -OCH3 is 2. The number of fused-ring (bicyclic) bond motifs is 1. The highest BCUT2D eigenvalue weighted by molar-refractivity contribution is 5.95. The third-order valence-corrected chi connectivity index (χ3v) is 7.44. The summed E-state index contributed by atoms with van der Waals surface area (Å²) < 4.78 is 24.4. The molecule has 1 amide bonds. The first kappa shape index (κ1) is 24.2. The Morgan fingerprint density at radius 2 is 1.89 bits per heavy atom. The van der Waals surface area contributed by atoms with E-state index in [1.165, 1.54) is 19.2 Å². The predicted octanol–water partition coefficient (Wildman–Crippen LogP) is 3.72. The smallest absolute Gasteiger partial charge is 0.328 e.